The summed E-state index contributed by atoms with van der Waals surface area (Å²) in [7, 11) is 0. The van der Waals surface area contributed by atoms with E-state index in [1.165, 1.54) is 23.1 Å². The number of nitrogens with zero attached hydrogens (tertiary/aromatic N) is 1. The van der Waals surface area contributed by atoms with Gasteiger partial charge in [-0.15, -0.1) is 23.1 Å². The summed E-state index contributed by atoms with van der Waals surface area (Å²) >= 11 is 6.28. The minimum Gasteiger partial charge on any atom is -0.322 e. The zero-order valence-electron chi connectivity index (χ0n) is 18.5. The van der Waals surface area contributed by atoms with Gasteiger partial charge in [-0.05, 0) is 61.9 Å². The van der Waals surface area contributed by atoms with Gasteiger partial charge < -0.3 is 10.6 Å². The molecule has 0 saturated carbocycles. The summed E-state index contributed by atoms with van der Waals surface area (Å²) in [4.78, 5) is 30.6. The monoisotopic (exact) mass is 551 g/mol. The lowest BCUT2D eigenvalue weighted by molar-refractivity contribution is -0.115. The maximum atomic E-state index is 12.7. The normalized spacial score (nSPS) is 11.6. The van der Waals surface area contributed by atoms with Crippen molar-refractivity contribution in [1.29, 1.82) is 0 Å². The summed E-state index contributed by atoms with van der Waals surface area (Å²) < 4.78 is 1.01. The van der Waals surface area contributed by atoms with E-state index in [0.29, 0.717) is 16.4 Å². The third-order valence-electron chi connectivity index (χ3n) is 5.06. The van der Waals surface area contributed by atoms with E-state index in [0.717, 1.165) is 26.2 Å². The number of rotatable bonds is 7. The number of hydrogen-bond acceptors (Lipinski definition) is 5. The molecule has 8 heteroatoms. The molecule has 0 aliphatic carbocycles. The van der Waals surface area contributed by atoms with E-state index < -0.39 is 0 Å². The van der Waals surface area contributed by atoms with Crippen molar-refractivity contribution in [3.8, 4) is 11.3 Å². The number of amides is 2. The Morgan fingerprint density at radius 1 is 0.971 bits per heavy atom. The topological polar surface area (TPSA) is 71.1 Å². The van der Waals surface area contributed by atoms with E-state index in [1.54, 1.807) is 6.07 Å². The standard InChI is InChI=1S/C26H22BrN3O2S2/c1-16-5-3-4-6-22(16)25(32)28-20-11-13-21(14-12-20)34-17(2)24(31)30-26-29-23(15-33-26)18-7-9-19(27)10-8-18/h3-15,17H,1-2H3,(H,28,32)(H,29,30,31). The molecule has 2 amide bonds. The van der Waals surface area contributed by atoms with Crippen LogP contribution in [0.15, 0.2) is 87.5 Å². The summed E-state index contributed by atoms with van der Waals surface area (Å²) in [5.74, 6) is -0.254. The molecule has 3 aromatic carbocycles. The SMILES string of the molecule is Cc1ccccc1C(=O)Nc1ccc(SC(C)C(=O)Nc2nc(-c3ccc(Br)cc3)cs2)cc1. The number of benzene rings is 3. The van der Waals surface area contributed by atoms with Crippen LogP contribution in [0.2, 0.25) is 0 Å². The van der Waals surface area contributed by atoms with Crippen LogP contribution in [0, 0.1) is 6.92 Å². The van der Waals surface area contributed by atoms with Crippen LogP contribution in [-0.2, 0) is 4.79 Å². The minimum absolute atomic E-state index is 0.112. The second-order valence-corrected chi connectivity index (χ2v) is 10.8. The van der Waals surface area contributed by atoms with Gasteiger partial charge in [0.2, 0.25) is 5.91 Å². The molecule has 2 N–H and O–H groups in total. The number of carbonyl (C=O) groups excluding carboxylic acids is 2. The van der Waals surface area contributed by atoms with Gasteiger partial charge in [-0.2, -0.15) is 0 Å². The minimum atomic E-state index is -0.313. The molecule has 0 aliphatic rings. The zero-order valence-corrected chi connectivity index (χ0v) is 21.8. The summed E-state index contributed by atoms with van der Waals surface area (Å²) in [5.41, 5.74) is 4.11. The Morgan fingerprint density at radius 2 is 1.68 bits per heavy atom. The van der Waals surface area contributed by atoms with E-state index in [-0.39, 0.29) is 17.1 Å². The maximum Gasteiger partial charge on any atom is 0.255 e. The van der Waals surface area contributed by atoms with Crippen LogP contribution < -0.4 is 10.6 Å². The maximum absolute atomic E-state index is 12.7. The van der Waals surface area contributed by atoms with Crippen LogP contribution in [0.4, 0.5) is 10.8 Å². The van der Waals surface area contributed by atoms with Crippen molar-refractivity contribution in [2.24, 2.45) is 0 Å². The van der Waals surface area contributed by atoms with E-state index in [2.05, 4.69) is 31.5 Å². The fraction of sp³-hybridized carbons (Fsp3) is 0.115. The van der Waals surface area contributed by atoms with Crippen molar-refractivity contribution < 1.29 is 9.59 Å². The molecule has 0 fully saturated rings. The smallest absolute Gasteiger partial charge is 0.255 e. The highest BCUT2D eigenvalue weighted by Crippen LogP contribution is 2.29. The number of thiazole rings is 1. The molecule has 5 nitrogen and oxygen atoms in total. The van der Waals surface area contributed by atoms with Crippen molar-refractivity contribution >= 4 is 61.7 Å². The molecule has 0 radical (unpaired) electrons. The number of nitrogens with one attached hydrogen (secondary N) is 2. The van der Waals surface area contributed by atoms with Gasteiger partial charge in [-0.25, -0.2) is 4.98 Å². The molecule has 172 valence electrons. The summed E-state index contributed by atoms with van der Waals surface area (Å²) in [5, 5.41) is 8.01. The van der Waals surface area contributed by atoms with Crippen molar-refractivity contribution in [1.82, 2.24) is 4.98 Å². The van der Waals surface area contributed by atoms with Crippen LogP contribution in [0.3, 0.4) is 0 Å². The molecule has 1 unspecified atom stereocenters. The molecule has 34 heavy (non-hydrogen) atoms. The highest BCUT2D eigenvalue weighted by Gasteiger charge is 2.17. The number of carbonyl (C=O) groups is 2. The fourth-order valence-corrected chi connectivity index (χ4v) is 5.05. The van der Waals surface area contributed by atoms with E-state index in [1.807, 2.05) is 86.0 Å². The van der Waals surface area contributed by atoms with Crippen LogP contribution in [-0.4, -0.2) is 22.0 Å². The second kappa shape index (κ2) is 11.0. The lowest BCUT2D eigenvalue weighted by atomic mass is 10.1. The lowest BCUT2D eigenvalue weighted by Gasteiger charge is -2.12. The number of anilines is 2. The lowest BCUT2D eigenvalue weighted by Crippen LogP contribution is -2.22. The predicted octanol–water partition coefficient (Wildman–Crippen LogP) is 7.25. The number of hydrogen-bond donors (Lipinski definition) is 2. The van der Waals surface area contributed by atoms with Crippen LogP contribution in [0.5, 0.6) is 0 Å². The van der Waals surface area contributed by atoms with Crippen LogP contribution in [0.25, 0.3) is 11.3 Å². The molecule has 1 atom stereocenters. The third kappa shape index (κ3) is 6.14. The van der Waals surface area contributed by atoms with Crippen molar-refractivity contribution in [3.63, 3.8) is 0 Å². The van der Waals surface area contributed by atoms with Gasteiger partial charge in [-0.1, -0.05) is 46.3 Å². The first-order valence-electron chi connectivity index (χ1n) is 10.5. The molecule has 1 aromatic heterocycles. The van der Waals surface area contributed by atoms with Crippen molar-refractivity contribution in [2.75, 3.05) is 10.6 Å². The predicted molar refractivity (Wildman–Crippen MR) is 145 cm³/mol. The first kappa shape index (κ1) is 24.2. The number of aromatic nitrogens is 1. The van der Waals surface area contributed by atoms with Gasteiger partial charge in [0.25, 0.3) is 5.91 Å². The zero-order chi connectivity index (χ0) is 24.1. The molecule has 4 aromatic rings. The van der Waals surface area contributed by atoms with E-state index in [9.17, 15) is 9.59 Å². The first-order chi connectivity index (χ1) is 16.4. The molecule has 0 saturated heterocycles. The Kier molecular flexibility index (Phi) is 7.82. The fourth-order valence-electron chi connectivity index (χ4n) is 3.19. The Hall–Kier alpha value is -2.94. The van der Waals surface area contributed by atoms with Crippen molar-refractivity contribution in [3.05, 3.63) is 93.8 Å². The molecule has 0 aliphatic heterocycles. The second-order valence-electron chi connectivity index (χ2n) is 7.59. The molecule has 0 spiro atoms. The first-order valence-corrected chi connectivity index (χ1v) is 13.1. The number of aryl methyl sites for hydroxylation is 1. The number of halogens is 1. The van der Waals surface area contributed by atoms with E-state index >= 15 is 0 Å². The Morgan fingerprint density at radius 3 is 2.38 bits per heavy atom. The molecular weight excluding hydrogens is 530 g/mol. The van der Waals surface area contributed by atoms with Crippen molar-refractivity contribution in [2.45, 2.75) is 24.0 Å². The average molecular weight is 553 g/mol. The van der Waals surface area contributed by atoms with Crippen LogP contribution >= 0.6 is 39.0 Å². The largest absolute Gasteiger partial charge is 0.322 e. The highest BCUT2D eigenvalue weighted by atomic mass is 79.9. The third-order valence-corrected chi connectivity index (χ3v) is 7.46. The van der Waals surface area contributed by atoms with Crippen LogP contribution in [0.1, 0.15) is 22.8 Å². The summed E-state index contributed by atoms with van der Waals surface area (Å²) in [6.45, 7) is 3.77. The average Bonchev–Trinajstić information content (AvgIpc) is 3.29. The summed E-state index contributed by atoms with van der Waals surface area (Å²) in [6.07, 6.45) is 0. The molecule has 1 heterocycles. The van der Waals surface area contributed by atoms with Gasteiger partial charge in [0, 0.05) is 31.6 Å². The van der Waals surface area contributed by atoms with Gasteiger partial charge in [-0.3, -0.25) is 9.59 Å². The number of thioether (sulfide) groups is 1. The highest BCUT2D eigenvalue weighted by molar-refractivity contribution is 9.10. The molecular formula is C26H22BrN3O2S2. The van der Waals surface area contributed by atoms with Gasteiger partial charge in [0.15, 0.2) is 5.13 Å². The van der Waals surface area contributed by atoms with Gasteiger partial charge in [0.05, 0.1) is 10.9 Å². The summed E-state index contributed by atoms with van der Waals surface area (Å²) in [6, 6.07) is 22.8. The Labute approximate surface area is 215 Å². The quantitative estimate of drug-likeness (QED) is 0.237. The molecule has 4 rings (SSSR count). The van der Waals surface area contributed by atoms with E-state index in [4.69, 9.17) is 0 Å². The molecule has 0 bridgehead atoms. The Balaban J connectivity index is 1.32. The van der Waals surface area contributed by atoms with Gasteiger partial charge in [0.1, 0.15) is 0 Å². The Bertz CT molecular complexity index is 1300. The van der Waals surface area contributed by atoms with Gasteiger partial charge >= 0.3 is 0 Å².